The summed E-state index contributed by atoms with van der Waals surface area (Å²) in [5.41, 5.74) is 2.40. The van der Waals surface area contributed by atoms with E-state index >= 15 is 0 Å². The number of aromatic nitrogens is 3. The Labute approximate surface area is 101 Å². The van der Waals surface area contributed by atoms with E-state index in [2.05, 4.69) is 51.3 Å². The first-order valence-corrected chi connectivity index (χ1v) is 6.05. The number of hydrogen-bond acceptors (Lipinski definition) is 3. The smallest absolute Gasteiger partial charge is 0.154 e. The number of aryl methyl sites for hydroxylation is 1. The lowest BCUT2D eigenvalue weighted by molar-refractivity contribution is 0.592. The van der Waals surface area contributed by atoms with Crippen molar-refractivity contribution in [2.24, 2.45) is 0 Å². The van der Waals surface area contributed by atoms with Crippen molar-refractivity contribution in [3.63, 3.8) is 0 Å². The molecule has 17 heavy (non-hydrogen) atoms. The van der Waals surface area contributed by atoms with Gasteiger partial charge in [-0.2, -0.15) is 0 Å². The molecule has 0 spiro atoms. The summed E-state index contributed by atoms with van der Waals surface area (Å²) in [6.07, 6.45) is 4.15. The van der Waals surface area contributed by atoms with Gasteiger partial charge in [-0.05, 0) is 38.4 Å². The fourth-order valence-electron chi connectivity index (χ4n) is 2.29. The van der Waals surface area contributed by atoms with Crippen LogP contribution >= 0.6 is 0 Å². The largest absolute Gasteiger partial charge is 0.307 e. The Kier molecular flexibility index (Phi) is 2.65. The third-order valence-corrected chi connectivity index (χ3v) is 3.26. The van der Waals surface area contributed by atoms with E-state index in [-0.39, 0.29) is 0 Å². The van der Waals surface area contributed by atoms with Crippen molar-refractivity contribution in [3.8, 4) is 5.69 Å². The third-order valence-electron chi connectivity index (χ3n) is 3.26. The number of hydrogen-bond donors (Lipinski definition) is 1. The molecule has 0 aliphatic carbocycles. The van der Waals surface area contributed by atoms with E-state index in [4.69, 9.17) is 0 Å². The van der Waals surface area contributed by atoms with Gasteiger partial charge in [0.2, 0.25) is 0 Å². The van der Waals surface area contributed by atoms with Gasteiger partial charge in [0.15, 0.2) is 5.82 Å². The van der Waals surface area contributed by atoms with Crippen LogP contribution in [-0.2, 0) is 0 Å². The quantitative estimate of drug-likeness (QED) is 0.855. The molecule has 2 aromatic rings. The van der Waals surface area contributed by atoms with Crippen LogP contribution in [0.4, 0.5) is 0 Å². The molecule has 4 nitrogen and oxygen atoms in total. The van der Waals surface area contributed by atoms with Gasteiger partial charge >= 0.3 is 0 Å². The lowest BCUT2D eigenvalue weighted by atomic mass is 10.2. The predicted molar refractivity (Wildman–Crippen MR) is 66.1 cm³/mol. The van der Waals surface area contributed by atoms with E-state index in [9.17, 15) is 0 Å². The first-order valence-electron chi connectivity index (χ1n) is 6.05. The molecule has 1 fully saturated rings. The Morgan fingerprint density at radius 3 is 2.82 bits per heavy atom. The van der Waals surface area contributed by atoms with Crippen LogP contribution in [0.25, 0.3) is 5.69 Å². The first kappa shape index (κ1) is 10.5. The van der Waals surface area contributed by atoms with Crippen molar-refractivity contribution < 1.29 is 0 Å². The Hall–Kier alpha value is -1.68. The highest BCUT2D eigenvalue weighted by Gasteiger charge is 2.21. The van der Waals surface area contributed by atoms with Crippen molar-refractivity contribution >= 4 is 0 Å². The molecular weight excluding hydrogens is 212 g/mol. The van der Waals surface area contributed by atoms with E-state index in [0.717, 1.165) is 24.5 Å². The normalized spacial score (nSPS) is 19.7. The van der Waals surface area contributed by atoms with Gasteiger partial charge in [-0.1, -0.05) is 17.7 Å². The molecule has 1 atom stereocenters. The number of benzene rings is 1. The van der Waals surface area contributed by atoms with Crippen LogP contribution in [0, 0.1) is 6.92 Å². The summed E-state index contributed by atoms with van der Waals surface area (Å²) < 4.78 is 2.07. The topological polar surface area (TPSA) is 42.7 Å². The maximum Gasteiger partial charge on any atom is 0.154 e. The third kappa shape index (κ3) is 1.96. The zero-order chi connectivity index (χ0) is 11.7. The van der Waals surface area contributed by atoms with Crippen LogP contribution in [0.2, 0.25) is 0 Å². The molecule has 4 heteroatoms. The lowest BCUT2D eigenvalue weighted by Gasteiger charge is -2.12. The lowest BCUT2D eigenvalue weighted by Crippen LogP contribution is -2.17. The Bertz CT molecular complexity index is 494. The minimum Gasteiger partial charge on any atom is -0.307 e. The summed E-state index contributed by atoms with van der Waals surface area (Å²) in [4.78, 5) is 0. The fraction of sp³-hybridized carbons (Fsp3) is 0.385. The maximum absolute atomic E-state index is 4.25. The molecule has 0 amide bonds. The molecule has 1 aliphatic rings. The molecule has 1 aromatic carbocycles. The second-order valence-electron chi connectivity index (χ2n) is 4.54. The molecule has 1 saturated heterocycles. The summed E-state index contributed by atoms with van der Waals surface area (Å²) in [5, 5.41) is 11.7. The summed E-state index contributed by atoms with van der Waals surface area (Å²) >= 11 is 0. The minimum absolute atomic E-state index is 0.346. The molecule has 0 saturated carbocycles. The van der Waals surface area contributed by atoms with Crippen molar-refractivity contribution in [2.75, 3.05) is 6.54 Å². The summed E-state index contributed by atoms with van der Waals surface area (Å²) in [7, 11) is 0. The summed E-state index contributed by atoms with van der Waals surface area (Å²) in [5.74, 6) is 1.02. The van der Waals surface area contributed by atoms with Gasteiger partial charge in [0.1, 0.15) is 6.33 Å². The van der Waals surface area contributed by atoms with Crippen LogP contribution in [-0.4, -0.2) is 21.3 Å². The average Bonchev–Trinajstić information content (AvgIpc) is 3.00. The van der Waals surface area contributed by atoms with Crippen molar-refractivity contribution in [3.05, 3.63) is 42.0 Å². The number of rotatable bonds is 2. The van der Waals surface area contributed by atoms with Crippen LogP contribution in [0.5, 0.6) is 0 Å². The van der Waals surface area contributed by atoms with Gasteiger partial charge in [-0.3, -0.25) is 4.57 Å². The maximum atomic E-state index is 4.25. The first-order chi connectivity index (χ1) is 8.34. The van der Waals surface area contributed by atoms with Crippen LogP contribution in [0.15, 0.2) is 30.6 Å². The highest BCUT2D eigenvalue weighted by atomic mass is 15.3. The Morgan fingerprint density at radius 1 is 1.29 bits per heavy atom. The number of nitrogens with one attached hydrogen (secondary N) is 1. The van der Waals surface area contributed by atoms with Crippen molar-refractivity contribution in [1.29, 1.82) is 0 Å². The molecule has 1 aromatic heterocycles. The van der Waals surface area contributed by atoms with Gasteiger partial charge in [0.05, 0.1) is 6.04 Å². The molecular formula is C13H16N4. The van der Waals surface area contributed by atoms with E-state index < -0.39 is 0 Å². The summed E-state index contributed by atoms with van der Waals surface area (Å²) in [6, 6.07) is 8.79. The Balaban J connectivity index is 1.97. The Morgan fingerprint density at radius 2 is 2.12 bits per heavy atom. The van der Waals surface area contributed by atoms with Gasteiger partial charge < -0.3 is 5.32 Å². The second-order valence-corrected chi connectivity index (χ2v) is 4.54. The fourth-order valence-corrected chi connectivity index (χ4v) is 2.29. The molecule has 1 aliphatic heterocycles. The van der Waals surface area contributed by atoms with Crippen molar-refractivity contribution in [1.82, 2.24) is 20.1 Å². The van der Waals surface area contributed by atoms with Crippen LogP contribution in [0.1, 0.15) is 30.3 Å². The summed E-state index contributed by atoms with van der Waals surface area (Å²) in [6.45, 7) is 3.17. The van der Waals surface area contributed by atoms with Crippen LogP contribution < -0.4 is 5.32 Å². The minimum atomic E-state index is 0.346. The van der Waals surface area contributed by atoms with Gasteiger partial charge in [0.25, 0.3) is 0 Å². The molecule has 0 radical (unpaired) electrons. The van der Waals surface area contributed by atoms with E-state index in [1.165, 1.54) is 12.0 Å². The van der Waals surface area contributed by atoms with Gasteiger partial charge in [-0.15, -0.1) is 10.2 Å². The monoisotopic (exact) mass is 228 g/mol. The standard InChI is InChI=1S/C13H16N4/c1-10-4-6-11(7-5-10)17-9-15-16-13(17)12-3-2-8-14-12/h4-7,9,12,14H,2-3,8H2,1H3. The second kappa shape index (κ2) is 4.30. The van der Waals surface area contributed by atoms with Crippen LogP contribution in [0.3, 0.4) is 0 Å². The van der Waals surface area contributed by atoms with Crippen molar-refractivity contribution in [2.45, 2.75) is 25.8 Å². The highest BCUT2D eigenvalue weighted by molar-refractivity contribution is 5.35. The highest BCUT2D eigenvalue weighted by Crippen LogP contribution is 2.23. The SMILES string of the molecule is Cc1ccc(-n2cnnc2C2CCCN2)cc1. The van der Waals surface area contributed by atoms with Gasteiger partial charge in [0, 0.05) is 5.69 Å². The van der Waals surface area contributed by atoms with E-state index in [1.807, 2.05) is 0 Å². The number of nitrogens with zero attached hydrogens (tertiary/aromatic N) is 3. The molecule has 1 N–H and O–H groups in total. The van der Waals surface area contributed by atoms with E-state index in [0.29, 0.717) is 6.04 Å². The average molecular weight is 228 g/mol. The predicted octanol–water partition coefficient (Wildman–Crippen LogP) is 2.00. The molecule has 1 unspecified atom stereocenters. The zero-order valence-electron chi connectivity index (χ0n) is 9.93. The molecule has 88 valence electrons. The molecule has 0 bridgehead atoms. The van der Waals surface area contributed by atoms with Gasteiger partial charge in [-0.25, -0.2) is 0 Å². The molecule has 3 rings (SSSR count). The molecule has 2 heterocycles. The zero-order valence-corrected chi connectivity index (χ0v) is 9.93. The van der Waals surface area contributed by atoms with E-state index in [1.54, 1.807) is 6.33 Å².